The number of ether oxygens (including phenoxy) is 1. The molecule has 0 amide bonds. The molecule has 2 aromatic heterocycles. The maximum Gasteiger partial charge on any atom is 0.229 e. The van der Waals surface area contributed by atoms with Crippen molar-refractivity contribution < 1.29 is 9.26 Å². The molecule has 0 spiro atoms. The van der Waals surface area contributed by atoms with Crippen LogP contribution in [0.5, 0.6) is 0 Å². The molecule has 2 aromatic rings. The Morgan fingerprint density at radius 2 is 2.38 bits per heavy atom. The molecule has 0 aromatic carbocycles. The second-order valence-electron chi connectivity index (χ2n) is 6.03. The van der Waals surface area contributed by atoms with Gasteiger partial charge in [0.25, 0.3) is 0 Å². The lowest BCUT2D eigenvalue weighted by atomic mass is 10.0. The Hall–Kier alpha value is -1.73. The van der Waals surface area contributed by atoms with Gasteiger partial charge in [0.15, 0.2) is 5.82 Å². The highest BCUT2D eigenvalue weighted by Crippen LogP contribution is 2.34. The minimum atomic E-state index is 0.218. The first-order chi connectivity index (χ1) is 10.3. The van der Waals surface area contributed by atoms with Crippen molar-refractivity contribution in [3.05, 3.63) is 29.7 Å². The van der Waals surface area contributed by atoms with Crippen molar-refractivity contribution in [2.24, 2.45) is 5.92 Å². The molecule has 7 nitrogen and oxygen atoms in total. The molecule has 112 valence electrons. The van der Waals surface area contributed by atoms with Crippen LogP contribution in [0.3, 0.4) is 0 Å². The van der Waals surface area contributed by atoms with Gasteiger partial charge < -0.3 is 9.26 Å². The minimum absolute atomic E-state index is 0.218. The lowest BCUT2D eigenvalue weighted by Crippen LogP contribution is -2.25. The highest BCUT2D eigenvalue weighted by Gasteiger charge is 2.42. The van der Waals surface area contributed by atoms with E-state index in [9.17, 15) is 0 Å². The summed E-state index contributed by atoms with van der Waals surface area (Å²) >= 11 is 0. The summed E-state index contributed by atoms with van der Waals surface area (Å²) in [5.41, 5.74) is 1.23. The van der Waals surface area contributed by atoms with E-state index < -0.39 is 0 Å². The lowest BCUT2D eigenvalue weighted by Gasteiger charge is -2.17. The zero-order valence-electron chi connectivity index (χ0n) is 12.0. The van der Waals surface area contributed by atoms with Gasteiger partial charge in [-0.3, -0.25) is 10.00 Å². The second-order valence-corrected chi connectivity index (χ2v) is 6.03. The predicted molar refractivity (Wildman–Crippen MR) is 73.4 cm³/mol. The van der Waals surface area contributed by atoms with E-state index in [0.29, 0.717) is 23.7 Å². The van der Waals surface area contributed by atoms with E-state index in [4.69, 9.17) is 9.26 Å². The van der Waals surface area contributed by atoms with Crippen molar-refractivity contribution in [2.45, 2.75) is 38.5 Å². The number of hydrogen-bond donors (Lipinski definition) is 1. The van der Waals surface area contributed by atoms with Crippen molar-refractivity contribution in [1.82, 2.24) is 25.2 Å². The van der Waals surface area contributed by atoms with Crippen LogP contribution in [0, 0.1) is 12.8 Å². The number of aromatic amines is 1. The first kappa shape index (κ1) is 13.0. The quantitative estimate of drug-likeness (QED) is 0.902. The summed E-state index contributed by atoms with van der Waals surface area (Å²) < 4.78 is 11.3. The van der Waals surface area contributed by atoms with E-state index in [0.717, 1.165) is 32.5 Å². The number of nitrogens with one attached hydrogen (secondary N) is 1. The molecule has 1 N–H and O–H groups in total. The molecule has 4 heterocycles. The summed E-state index contributed by atoms with van der Waals surface area (Å²) in [4.78, 5) is 6.69. The Labute approximate surface area is 122 Å². The van der Waals surface area contributed by atoms with Gasteiger partial charge in [0.2, 0.25) is 5.89 Å². The van der Waals surface area contributed by atoms with Crippen LogP contribution < -0.4 is 0 Å². The molecule has 7 heteroatoms. The molecule has 4 rings (SSSR count). The normalized spacial score (nSPS) is 29.1. The summed E-state index contributed by atoms with van der Waals surface area (Å²) in [7, 11) is 0. The topological polar surface area (TPSA) is 80.1 Å². The van der Waals surface area contributed by atoms with Gasteiger partial charge in [0.1, 0.15) is 0 Å². The third-order valence-corrected chi connectivity index (χ3v) is 4.32. The smallest absolute Gasteiger partial charge is 0.229 e. The molecule has 21 heavy (non-hydrogen) atoms. The Bertz CT molecular complexity index is 582. The van der Waals surface area contributed by atoms with Crippen LogP contribution in [0.15, 0.2) is 16.9 Å². The van der Waals surface area contributed by atoms with Gasteiger partial charge in [-0.15, -0.1) is 0 Å². The molecule has 0 unspecified atom stereocenters. The summed E-state index contributed by atoms with van der Waals surface area (Å²) in [5, 5.41) is 10.7. The van der Waals surface area contributed by atoms with Crippen molar-refractivity contribution in [3.8, 4) is 0 Å². The van der Waals surface area contributed by atoms with Crippen LogP contribution in [0.1, 0.15) is 23.7 Å². The van der Waals surface area contributed by atoms with Crippen LogP contribution in [0.4, 0.5) is 0 Å². The van der Waals surface area contributed by atoms with Crippen LogP contribution in [0.25, 0.3) is 0 Å². The molecule has 2 aliphatic heterocycles. The Morgan fingerprint density at radius 3 is 3.10 bits per heavy atom. The number of rotatable bonds is 4. The number of hydrogen-bond acceptors (Lipinski definition) is 6. The number of likely N-dealkylation sites (tertiary alicyclic amines) is 1. The molecule has 2 saturated heterocycles. The van der Waals surface area contributed by atoms with Crippen LogP contribution >= 0.6 is 0 Å². The Morgan fingerprint density at radius 1 is 1.43 bits per heavy atom. The lowest BCUT2D eigenvalue weighted by molar-refractivity contribution is 0.0343. The number of aromatic nitrogens is 4. The van der Waals surface area contributed by atoms with Gasteiger partial charge in [-0.05, 0) is 13.3 Å². The average Bonchev–Trinajstić information content (AvgIpc) is 3.16. The average molecular weight is 289 g/mol. The third kappa shape index (κ3) is 2.71. The summed E-state index contributed by atoms with van der Waals surface area (Å²) in [6.07, 6.45) is 6.20. The molecule has 3 atom stereocenters. The summed E-state index contributed by atoms with van der Waals surface area (Å²) in [6.45, 7) is 4.87. The van der Waals surface area contributed by atoms with Gasteiger partial charge in [-0.1, -0.05) is 5.16 Å². The van der Waals surface area contributed by atoms with Gasteiger partial charge in [0.05, 0.1) is 24.8 Å². The van der Waals surface area contributed by atoms with Gasteiger partial charge in [-0.25, -0.2) is 0 Å². The number of nitrogens with zero attached hydrogens (tertiary/aromatic N) is 4. The summed E-state index contributed by atoms with van der Waals surface area (Å²) in [6, 6.07) is 0. The van der Waals surface area contributed by atoms with Crippen molar-refractivity contribution in [1.29, 1.82) is 0 Å². The van der Waals surface area contributed by atoms with Crippen molar-refractivity contribution in [2.75, 3.05) is 13.1 Å². The van der Waals surface area contributed by atoms with E-state index >= 15 is 0 Å². The van der Waals surface area contributed by atoms with Gasteiger partial charge >= 0.3 is 0 Å². The standard InChI is InChI=1S/C14H19N5O2/c1-9-17-14(21-18-9)3-12-2-11-7-19(8-13(11)20-12)6-10-4-15-16-5-10/h4-5,11-13H,2-3,6-8H2,1H3,(H,15,16)/t11-,12-,13+/m0/s1. The van der Waals surface area contributed by atoms with E-state index in [-0.39, 0.29) is 6.10 Å². The van der Waals surface area contributed by atoms with Crippen molar-refractivity contribution >= 4 is 0 Å². The third-order valence-electron chi connectivity index (χ3n) is 4.32. The maximum atomic E-state index is 6.16. The molecule has 2 aliphatic rings. The maximum absolute atomic E-state index is 6.16. The fourth-order valence-corrected chi connectivity index (χ4v) is 3.45. The molecule has 2 fully saturated rings. The van der Waals surface area contributed by atoms with Crippen LogP contribution in [0.2, 0.25) is 0 Å². The molecule has 0 radical (unpaired) electrons. The molecule has 0 bridgehead atoms. The van der Waals surface area contributed by atoms with Gasteiger partial charge in [-0.2, -0.15) is 10.1 Å². The minimum Gasteiger partial charge on any atom is -0.373 e. The zero-order chi connectivity index (χ0) is 14.2. The van der Waals surface area contributed by atoms with E-state index in [1.165, 1.54) is 5.56 Å². The zero-order valence-corrected chi connectivity index (χ0v) is 12.0. The highest BCUT2D eigenvalue weighted by atomic mass is 16.5. The first-order valence-corrected chi connectivity index (χ1v) is 7.41. The molecule has 0 aliphatic carbocycles. The van der Waals surface area contributed by atoms with E-state index in [2.05, 4.69) is 25.2 Å². The van der Waals surface area contributed by atoms with Crippen LogP contribution in [-0.2, 0) is 17.7 Å². The summed E-state index contributed by atoms with van der Waals surface area (Å²) in [5.74, 6) is 1.99. The van der Waals surface area contributed by atoms with Crippen molar-refractivity contribution in [3.63, 3.8) is 0 Å². The Balaban J connectivity index is 1.31. The number of aryl methyl sites for hydroxylation is 1. The molecular formula is C14H19N5O2. The fourth-order valence-electron chi connectivity index (χ4n) is 3.45. The second kappa shape index (κ2) is 5.23. The first-order valence-electron chi connectivity index (χ1n) is 7.41. The molecular weight excluding hydrogens is 270 g/mol. The van der Waals surface area contributed by atoms with Gasteiger partial charge in [0, 0.05) is 37.3 Å². The molecule has 0 saturated carbocycles. The fraction of sp³-hybridized carbons (Fsp3) is 0.643. The van der Waals surface area contributed by atoms with Crippen LogP contribution in [-0.4, -0.2) is 50.5 Å². The number of H-pyrrole nitrogens is 1. The Kier molecular flexibility index (Phi) is 3.23. The SMILES string of the molecule is Cc1noc(C[C@@H]2C[C@H]3CN(Cc4cn[nH]c4)C[C@H]3O2)n1. The number of fused-ring (bicyclic) bond motifs is 1. The predicted octanol–water partition coefficient (Wildman–Crippen LogP) is 0.933. The monoisotopic (exact) mass is 289 g/mol. The van der Waals surface area contributed by atoms with E-state index in [1.807, 2.05) is 19.3 Å². The highest BCUT2D eigenvalue weighted by molar-refractivity contribution is 5.04. The largest absolute Gasteiger partial charge is 0.373 e. The van der Waals surface area contributed by atoms with E-state index in [1.54, 1.807) is 0 Å².